The van der Waals surface area contributed by atoms with Crippen molar-refractivity contribution in [2.24, 2.45) is 0 Å². The van der Waals surface area contributed by atoms with E-state index < -0.39 is 6.03 Å². The summed E-state index contributed by atoms with van der Waals surface area (Å²) in [6.45, 7) is -0.0899. The first-order chi connectivity index (χ1) is 7.77. The topological polar surface area (TPSA) is 81.8 Å². The van der Waals surface area contributed by atoms with Crippen LogP contribution in [0.3, 0.4) is 0 Å². The normalized spacial score (nSPS) is 10.0. The molecule has 1 amide bonds. The number of imidazole rings is 2. The van der Waals surface area contributed by atoms with Gasteiger partial charge in [0.2, 0.25) is 0 Å². The van der Waals surface area contributed by atoms with Gasteiger partial charge in [0, 0.05) is 24.8 Å². The molecule has 0 saturated heterocycles. The molecule has 1 N–H and O–H groups in total. The fourth-order valence-corrected chi connectivity index (χ4v) is 1.12. The molecule has 0 unspecified atom stereocenters. The highest BCUT2D eigenvalue weighted by molar-refractivity contribution is 5.86. The van der Waals surface area contributed by atoms with Crippen LogP contribution >= 0.6 is 0 Å². The van der Waals surface area contributed by atoms with Gasteiger partial charge in [0.15, 0.2) is 0 Å². The summed E-state index contributed by atoms with van der Waals surface area (Å²) in [5.74, 6) is -0.258. The summed E-state index contributed by atoms with van der Waals surface area (Å²) in [6.07, 6.45) is 8.73. The monoisotopic (exact) mass is 219 g/mol. The van der Waals surface area contributed by atoms with Crippen molar-refractivity contribution in [3.05, 3.63) is 37.4 Å². The zero-order chi connectivity index (χ0) is 11.4. The fourth-order valence-electron chi connectivity index (χ4n) is 1.12. The van der Waals surface area contributed by atoms with Crippen molar-refractivity contribution in [2.45, 2.75) is 0 Å². The van der Waals surface area contributed by atoms with E-state index in [2.05, 4.69) is 15.3 Å². The molecule has 7 heteroatoms. The second-order valence-electron chi connectivity index (χ2n) is 2.99. The second kappa shape index (κ2) is 4.39. The number of rotatable bonds is 2. The molecule has 0 fully saturated rings. The Kier molecular flexibility index (Phi) is 2.77. The lowest BCUT2D eigenvalue weighted by Gasteiger charge is -2.04. The SMILES string of the molecule is O=C(CNC(=O)n1ccnc1)n1ccnc1. The minimum atomic E-state index is -0.397. The van der Waals surface area contributed by atoms with E-state index in [1.54, 1.807) is 0 Å². The van der Waals surface area contributed by atoms with Crippen molar-refractivity contribution in [2.75, 3.05) is 6.54 Å². The van der Waals surface area contributed by atoms with Crippen LogP contribution in [0.15, 0.2) is 37.4 Å². The molecule has 2 aromatic rings. The Morgan fingerprint density at radius 1 is 1.06 bits per heavy atom. The Labute approximate surface area is 90.7 Å². The van der Waals surface area contributed by atoms with Gasteiger partial charge in [-0.1, -0.05) is 0 Å². The van der Waals surface area contributed by atoms with Crippen molar-refractivity contribution in [3.8, 4) is 0 Å². The van der Waals surface area contributed by atoms with Gasteiger partial charge >= 0.3 is 6.03 Å². The third kappa shape index (κ3) is 2.14. The number of nitrogens with one attached hydrogen (secondary N) is 1. The molecular weight excluding hydrogens is 210 g/mol. The molecule has 0 saturated carbocycles. The van der Waals surface area contributed by atoms with E-state index in [-0.39, 0.29) is 12.5 Å². The lowest BCUT2D eigenvalue weighted by molar-refractivity contribution is 0.0914. The van der Waals surface area contributed by atoms with Crippen LogP contribution in [0, 0.1) is 0 Å². The van der Waals surface area contributed by atoms with Gasteiger partial charge < -0.3 is 5.32 Å². The third-order valence-electron chi connectivity index (χ3n) is 1.92. The van der Waals surface area contributed by atoms with Gasteiger partial charge in [0.05, 0.1) is 6.54 Å². The van der Waals surface area contributed by atoms with Gasteiger partial charge in [-0.2, -0.15) is 0 Å². The molecule has 2 aromatic heterocycles. The number of aromatic nitrogens is 4. The fraction of sp³-hybridized carbons (Fsp3) is 0.111. The molecular formula is C9H9N5O2. The minimum Gasteiger partial charge on any atom is -0.328 e. The van der Waals surface area contributed by atoms with Crippen LogP contribution in [-0.2, 0) is 0 Å². The van der Waals surface area contributed by atoms with Crippen molar-refractivity contribution in [1.29, 1.82) is 0 Å². The predicted octanol–water partition coefficient (Wildman–Crippen LogP) is -0.0223. The quantitative estimate of drug-likeness (QED) is 0.769. The van der Waals surface area contributed by atoms with Crippen molar-refractivity contribution in [3.63, 3.8) is 0 Å². The van der Waals surface area contributed by atoms with Gasteiger partial charge in [-0.3, -0.25) is 13.9 Å². The maximum atomic E-state index is 11.5. The van der Waals surface area contributed by atoms with Crippen LogP contribution in [-0.4, -0.2) is 37.6 Å². The first-order valence-electron chi connectivity index (χ1n) is 4.54. The number of carbonyl (C=O) groups is 2. The van der Waals surface area contributed by atoms with E-state index in [4.69, 9.17) is 0 Å². The molecule has 0 bridgehead atoms. The Hall–Kier alpha value is -2.44. The standard InChI is InChI=1S/C9H9N5O2/c15-8(13-3-1-10-6-13)5-12-9(16)14-4-2-11-7-14/h1-4,6-7H,5H2,(H,12,16). The van der Waals surface area contributed by atoms with Crippen LogP contribution < -0.4 is 5.32 Å². The molecule has 16 heavy (non-hydrogen) atoms. The van der Waals surface area contributed by atoms with E-state index in [0.29, 0.717) is 0 Å². The lowest BCUT2D eigenvalue weighted by Crippen LogP contribution is -2.34. The van der Waals surface area contributed by atoms with Crippen LogP contribution in [0.5, 0.6) is 0 Å². The Morgan fingerprint density at radius 2 is 1.69 bits per heavy atom. The predicted molar refractivity (Wildman–Crippen MR) is 53.9 cm³/mol. The van der Waals surface area contributed by atoms with E-state index in [1.807, 2.05) is 0 Å². The summed E-state index contributed by atoms with van der Waals surface area (Å²) < 4.78 is 2.55. The molecule has 0 radical (unpaired) electrons. The highest BCUT2D eigenvalue weighted by atomic mass is 16.2. The molecule has 0 aliphatic heterocycles. The molecule has 7 nitrogen and oxygen atoms in total. The lowest BCUT2D eigenvalue weighted by atomic mass is 10.5. The average Bonchev–Trinajstić information content (AvgIpc) is 2.95. The molecule has 0 aromatic carbocycles. The Morgan fingerprint density at radius 3 is 2.25 bits per heavy atom. The molecule has 0 atom stereocenters. The summed E-state index contributed by atoms with van der Waals surface area (Å²) in [6, 6.07) is -0.397. The smallest absolute Gasteiger partial charge is 0.327 e. The van der Waals surface area contributed by atoms with Crippen LogP contribution in [0.1, 0.15) is 4.79 Å². The molecule has 0 aliphatic rings. The third-order valence-corrected chi connectivity index (χ3v) is 1.92. The van der Waals surface area contributed by atoms with Crippen molar-refractivity contribution < 1.29 is 9.59 Å². The van der Waals surface area contributed by atoms with E-state index >= 15 is 0 Å². The van der Waals surface area contributed by atoms with E-state index in [1.165, 1.54) is 46.6 Å². The largest absolute Gasteiger partial charge is 0.328 e. The first kappa shape index (κ1) is 10.1. The van der Waals surface area contributed by atoms with Gasteiger partial charge in [-0.15, -0.1) is 0 Å². The molecule has 2 heterocycles. The average molecular weight is 219 g/mol. The van der Waals surface area contributed by atoms with Gasteiger partial charge in [0.25, 0.3) is 5.91 Å². The molecule has 2 rings (SSSR count). The van der Waals surface area contributed by atoms with Gasteiger partial charge in [-0.05, 0) is 0 Å². The highest BCUT2D eigenvalue weighted by Gasteiger charge is 2.07. The van der Waals surface area contributed by atoms with E-state index in [0.717, 1.165) is 0 Å². The summed E-state index contributed by atoms with van der Waals surface area (Å²) >= 11 is 0. The Bertz CT molecular complexity index is 428. The van der Waals surface area contributed by atoms with Gasteiger partial charge in [0.1, 0.15) is 12.7 Å². The molecule has 0 aliphatic carbocycles. The zero-order valence-corrected chi connectivity index (χ0v) is 8.28. The number of amides is 1. The number of nitrogens with zero attached hydrogens (tertiary/aromatic N) is 4. The number of hydrogen-bond donors (Lipinski definition) is 1. The first-order valence-corrected chi connectivity index (χ1v) is 4.54. The zero-order valence-electron chi connectivity index (χ0n) is 8.28. The van der Waals surface area contributed by atoms with Gasteiger partial charge in [-0.25, -0.2) is 14.8 Å². The number of hydrogen-bond acceptors (Lipinski definition) is 4. The maximum Gasteiger partial charge on any atom is 0.327 e. The van der Waals surface area contributed by atoms with E-state index in [9.17, 15) is 9.59 Å². The molecule has 0 spiro atoms. The summed E-state index contributed by atoms with van der Waals surface area (Å²) in [5.41, 5.74) is 0. The van der Waals surface area contributed by atoms with Crippen LogP contribution in [0.25, 0.3) is 0 Å². The Balaban J connectivity index is 1.89. The van der Waals surface area contributed by atoms with Crippen molar-refractivity contribution in [1.82, 2.24) is 24.4 Å². The number of carbonyl (C=O) groups excluding carboxylic acids is 2. The summed E-state index contributed by atoms with van der Waals surface area (Å²) in [7, 11) is 0. The summed E-state index contributed by atoms with van der Waals surface area (Å²) in [5, 5.41) is 2.46. The molecule has 82 valence electrons. The second-order valence-corrected chi connectivity index (χ2v) is 2.99. The summed E-state index contributed by atoms with van der Waals surface area (Å²) in [4.78, 5) is 30.3. The van der Waals surface area contributed by atoms with Crippen molar-refractivity contribution >= 4 is 11.9 Å². The maximum absolute atomic E-state index is 11.5. The van der Waals surface area contributed by atoms with Crippen LogP contribution in [0.4, 0.5) is 4.79 Å². The van der Waals surface area contributed by atoms with Crippen LogP contribution in [0.2, 0.25) is 0 Å². The minimum absolute atomic E-state index is 0.0899. The highest BCUT2D eigenvalue weighted by Crippen LogP contribution is 1.87.